The van der Waals surface area contributed by atoms with Gasteiger partial charge in [-0.15, -0.1) is 11.3 Å². The van der Waals surface area contributed by atoms with E-state index in [0.717, 1.165) is 15.6 Å². The standard InChI is InChI=1S/C18H13NO2S/c1-12(20)16(18(21)13-5-4-8-19-10-13)9-14-11-22-17-7-3-2-6-15(14)17/h2-11H,1H3. The normalized spacial score (nSPS) is 11.6. The van der Waals surface area contributed by atoms with E-state index < -0.39 is 0 Å². The highest BCUT2D eigenvalue weighted by Crippen LogP contribution is 2.28. The maximum Gasteiger partial charge on any atom is 0.198 e. The van der Waals surface area contributed by atoms with E-state index in [1.165, 1.54) is 13.1 Å². The third kappa shape index (κ3) is 2.73. The molecule has 0 unspecified atom stereocenters. The first-order valence-corrected chi connectivity index (χ1v) is 7.68. The van der Waals surface area contributed by atoms with Crippen LogP contribution in [-0.4, -0.2) is 16.6 Å². The number of aromatic nitrogens is 1. The molecular formula is C18H13NO2S. The molecule has 0 N–H and O–H groups in total. The smallest absolute Gasteiger partial charge is 0.198 e. The van der Waals surface area contributed by atoms with Crippen LogP contribution in [0.4, 0.5) is 0 Å². The first-order valence-electron chi connectivity index (χ1n) is 6.80. The van der Waals surface area contributed by atoms with Crippen LogP contribution in [0.15, 0.2) is 59.7 Å². The number of Topliss-reactive ketones (excluding diaryl/α,β-unsaturated/α-hetero) is 2. The summed E-state index contributed by atoms with van der Waals surface area (Å²) in [6.07, 6.45) is 4.75. The maximum atomic E-state index is 12.5. The summed E-state index contributed by atoms with van der Waals surface area (Å²) in [5.74, 6) is -0.542. The molecule has 0 aliphatic rings. The second kappa shape index (κ2) is 6.03. The van der Waals surface area contributed by atoms with Crippen LogP contribution in [0, 0.1) is 0 Å². The predicted octanol–water partition coefficient (Wildman–Crippen LogP) is 4.15. The van der Waals surface area contributed by atoms with E-state index in [2.05, 4.69) is 4.98 Å². The summed E-state index contributed by atoms with van der Waals surface area (Å²) < 4.78 is 1.13. The molecule has 0 saturated carbocycles. The van der Waals surface area contributed by atoms with Gasteiger partial charge in [0.05, 0.1) is 5.57 Å². The predicted molar refractivity (Wildman–Crippen MR) is 89.1 cm³/mol. The van der Waals surface area contributed by atoms with Crippen molar-refractivity contribution < 1.29 is 9.59 Å². The highest BCUT2D eigenvalue weighted by Gasteiger charge is 2.17. The molecule has 3 aromatic rings. The van der Waals surface area contributed by atoms with Gasteiger partial charge in [-0.2, -0.15) is 0 Å². The van der Waals surface area contributed by atoms with Crippen molar-refractivity contribution in [2.24, 2.45) is 0 Å². The molecule has 108 valence electrons. The van der Waals surface area contributed by atoms with Gasteiger partial charge >= 0.3 is 0 Å². The van der Waals surface area contributed by atoms with Crippen molar-refractivity contribution in [3.05, 3.63) is 70.9 Å². The van der Waals surface area contributed by atoms with E-state index in [1.807, 2.05) is 29.6 Å². The van der Waals surface area contributed by atoms with Crippen LogP contribution < -0.4 is 0 Å². The molecule has 0 spiro atoms. The van der Waals surface area contributed by atoms with Crippen LogP contribution in [0.1, 0.15) is 22.8 Å². The van der Waals surface area contributed by atoms with Gasteiger partial charge in [0.25, 0.3) is 0 Å². The maximum absolute atomic E-state index is 12.5. The summed E-state index contributed by atoms with van der Waals surface area (Å²) >= 11 is 1.60. The Labute approximate surface area is 131 Å². The minimum atomic E-state index is -0.295. The molecular weight excluding hydrogens is 294 g/mol. The zero-order valence-corrected chi connectivity index (χ0v) is 12.8. The fourth-order valence-electron chi connectivity index (χ4n) is 2.25. The first kappa shape index (κ1) is 14.4. The van der Waals surface area contributed by atoms with Crippen molar-refractivity contribution in [2.45, 2.75) is 6.92 Å². The van der Waals surface area contributed by atoms with Crippen molar-refractivity contribution in [1.29, 1.82) is 0 Å². The SMILES string of the molecule is CC(=O)C(=Cc1csc2ccccc12)C(=O)c1cccnc1. The molecule has 0 atom stereocenters. The Balaban J connectivity index is 2.08. The molecule has 0 aliphatic carbocycles. The second-order valence-corrected chi connectivity index (χ2v) is 5.78. The number of carbonyl (C=O) groups is 2. The zero-order chi connectivity index (χ0) is 15.5. The van der Waals surface area contributed by atoms with Gasteiger partial charge in [-0.05, 0) is 47.5 Å². The van der Waals surface area contributed by atoms with E-state index in [-0.39, 0.29) is 17.1 Å². The number of rotatable bonds is 4. The average molecular weight is 307 g/mol. The molecule has 0 saturated heterocycles. The number of carbonyl (C=O) groups excluding carboxylic acids is 2. The van der Waals surface area contributed by atoms with Crippen LogP contribution in [0.25, 0.3) is 16.2 Å². The lowest BCUT2D eigenvalue weighted by molar-refractivity contribution is -0.113. The van der Waals surface area contributed by atoms with E-state index >= 15 is 0 Å². The van der Waals surface area contributed by atoms with Crippen molar-refractivity contribution >= 4 is 39.1 Å². The number of hydrogen-bond donors (Lipinski definition) is 0. The monoisotopic (exact) mass is 307 g/mol. The third-order valence-electron chi connectivity index (χ3n) is 3.36. The molecule has 0 aliphatic heterocycles. The van der Waals surface area contributed by atoms with Crippen LogP contribution >= 0.6 is 11.3 Å². The van der Waals surface area contributed by atoms with Gasteiger partial charge in [0, 0.05) is 22.7 Å². The minimum absolute atomic E-state index is 0.177. The summed E-state index contributed by atoms with van der Waals surface area (Å²) in [4.78, 5) is 28.4. The molecule has 0 amide bonds. The first-order chi connectivity index (χ1) is 10.7. The van der Waals surface area contributed by atoms with Crippen LogP contribution in [-0.2, 0) is 4.79 Å². The van der Waals surface area contributed by atoms with E-state index in [1.54, 1.807) is 35.7 Å². The molecule has 22 heavy (non-hydrogen) atoms. The lowest BCUT2D eigenvalue weighted by atomic mass is 9.99. The number of allylic oxidation sites excluding steroid dienone is 1. The van der Waals surface area contributed by atoms with Gasteiger partial charge in [0.2, 0.25) is 0 Å². The number of nitrogens with zero attached hydrogens (tertiary/aromatic N) is 1. The fourth-order valence-corrected chi connectivity index (χ4v) is 3.16. The summed E-state index contributed by atoms with van der Waals surface area (Å²) in [5.41, 5.74) is 1.49. The summed E-state index contributed by atoms with van der Waals surface area (Å²) in [7, 11) is 0. The van der Waals surface area contributed by atoms with Crippen molar-refractivity contribution in [2.75, 3.05) is 0 Å². The second-order valence-electron chi connectivity index (χ2n) is 4.87. The molecule has 3 rings (SSSR count). The number of hydrogen-bond acceptors (Lipinski definition) is 4. The Hall–Kier alpha value is -2.59. The van der Waals surface area contributed by atoms with Crippen LogP contribution in [0.3, 0.4) is 0 Å². The highest BCUT2D eigenvalue weighted by molar-refractivity contribution is 7.17. The molecule has 0 radical (unpaired) electrons. The zero-order valence-electron chi connectivity index (χ0n) is 11.9. The highest BCUT2D eigenvalue weighted by atomic mass is 32.1. The largest absolute Gasteiger partial charge is 0.294 e. The summed E-state index contributed by atoms with van der Waals surface area (Å²) in [6.45, 7) is 1.41. The fraction of sp³-hybridized carbons (Fsp3) is 0.0556. The van der Waals surface area contributed by atoms with Gasteiger partial charge in [-0.3, -0.25) is 14.6 Å². The molecule has 4 heteroatoms. The lowest BCUT2D eigenvalue weighted by Crippen LogP contribution is -2.10. The molecule has 0 bridgehead atoms. The van der Waals surface area contributed by atoms with E-state index in [4.69, 9.17) is 0 Å². The average Bonchev–Trinajstić information content (AvgIpc) is 2.95. The van der Waals surface area contributed by atoms with Crippen LogP contribution in [0.5, 0.6) is 0 Å². The molecule has 2 heterocycles. The van der Waals surface area contributed by atoms with Gasteiger partial charge < -0.3 is 0 Å². The summed E-state index contributed by atoms with van der Waals surface area (Å²) in [5, 5.41) is 3.01. The summed E-state index contributed by atoms with van der Waals surface area (Å²) in [6, 6.07) is 11.3. The minimum Gasteiger partial charge on any atom is -0.294 e. The Morgan fingerprint density at radius 2 is 1.95 bits per heavy atom. The van der Waals surface area contributed by atoms with Crippen molar-refractivity contribution in [3.63, 3.8) is 0 Å². The van der Waals surface area contributed by atoms with Crippen molar-refractivity contribution in [3.8, 4) is 0 Å². The van der Waals surface area contributed by atoms with Gasteiger partial charge in [0.15, 0.2) is 11.6 Å². The lowest BCUT2D eigenvalue weighted by Gasteiger charge is -2.03. The third-order valence-corrected chi connectivity index (χ3v) is 4.34. The number of pyridine rings is 1. The van der Waals surface area contributed by atoms with Crippen molar-refractivity contribution in [1.82, 2.24) is 4.98 Å². The molecule has 2 aromatic heterocycles. The molecule has 3 nitrogen and oxygen atoms in total. The quantitative estimate of drug-likeness (QED) is 0.315. The Morgan fingerprint density at radius 1 is 1.14 bits per heavy atom. The van der Waals surface area contributed by atoms with Gasteiger partial charge in [0.1, 0.15) is 0 Å². The topological polar surface area (TPSA) is 47.0 Å². The Bertz CT molecular complexity index is 878. The Kier molecular flexibility index (Phi) is 3.94. The Morgan fingerprint density at radius 3 is 2.68 bits per heavy atom. The van der Waals surface area contributed by atoms with Crippen LogP contribution in [0.2, 0.25) is 0 Å². The van der Waals surface area contributed by atoms with Gasteiger partial charge in [-0.25, -0.2) is 0 Å². The number of ketones is 2. The number of benzene rings is 1. The van der Waals surface area contributed by atoms with E-state index in [0.29, 0.717) is 5.56 Å². The molecule has 0 fully saturated rings. The molecule has 1 aromatic carbocycles. The van der Waals surface area contributed by atoms with E-state index in [9.17, 15) is 9.59 Å². The number of fused-ring (bicyclic) bond motifs is 1. The van der Waals surface area contributed by atoms with Gasteiger partial charge in [-0.1, -0.05) is 18.2 Å². The number of thiophene rings is 1.